The van der Waals surface area contributed by atoms with Crippen molar-refractivity contribution in [2.24, 2.45) is 0 Å². The van der Waals surface area contributed by atoms with Crippen LogP contribution in [0.15, 0.2) is 36.5 Å². The molecule has 0 saturated heterocycles. The second kappa shape index (κ2) is 8.40. The summed E-state index contributed by atoms with van der Waals surface area (Å²) in [5.41, 5.74) is 1.29. The number of nitrogens with zero attached hydrogens (tertiary/aromatic N) is 1. The van der Waals surface area contributed by atoms with E-state index >= 15 is 0 Å². The first kappa shape index (κ1) is 18.6. The second-order valence-corrected chi connectivity index (χ2v) is 8.20. The molecule has 0 aliphatic rings. The molecule has 0 saturated carbocycles. The number of carboxylic acids is 1. The van der Waals surface area contributed by atoms with Crippen LogP contribution in [0.3, 0.4) is 0 Å². The minimum absolute atomic E-state index is 0.0651. The van der Waals surface area contributed by atoms with E-state index in [4.69, 9.17) is 5.11 Å². The second-order valence-electron chi connectivity index (χ2n) is 7.08. The summed E-state index contributed by atoms with van der Waals surface area (Å²) in [4.78, 5) is 16.6. The zero-order valence-corrected chi connectivity index (χ0v) is 15.4. The fourth-order valence-corrected chi connectivity index (χ4v) is 3.37. The highest BCUT2D eigenvalue weighted by Gasteiger charge is 2.18. The highest BCUT2D eigenvalue weighted by molar-refractivity contribution is 7.11. The SMILES string of the molecule is CC(C)(C)c1ncc(CNC(CCC(=O)O)Cc2ccccc2)s1. The molecule has 1 aromatic heterocycles. The summed E-state index contributed by atoms with van der Waals surface area (Å²) in [7, 11) is 0. The lowest BCUT2D eigenvalue weighted by Gasteiger charge is -2.18. The number of aromatic nitrogens is 1. The van der Waals surface area contributed by atoms with Crippen molar-refractivity contribution in [1.29, 1.82) is 0 Å². The summed E-state index contributed by atoms with van der Waals surface area (Å²) < 4.78 is 0. The molecule has 2 rings (SSSR count). The summed E-state index contributed by atoms with van der Waals surface area (Å²) in [5.74, 6) is -0.748. The molecule has 1 aromatic carbocycles. The largest absolute Gasteiger partial charge is 0.481 e. The fraction of sp³-hybridized carbons (Fsp3) is 0.474. The lowest BCUT2D eigenvalue weighted by molar-refractivity contribution is -0.137. The zero-order chi connectivity index (χ0) is 17.6. The van der Waals surface area contributed by atoms with Crippen LogP contribution in [0.2, 0.25) is 0 Å². The number of carboxylic acid groups (broad SMARTS) is 1. The first-order valence-electron chi connectivity index (χ1n) is 8.29. The number of benzene rings is 1. The van der Waals surface area contributed by atoms with Gasteiger partial charge in [0.2, 0.25) is 0 Å². The molecule has 1 unspecified atom stereocenters. The number of rotatable bonds is 8. The van der Waals surface area contributed by atoms with Crippen LogP contribution in [-0.2, 0) is 23.2 Å². The van der Waals surface area contributed by atoms with E-state index < -0.39 is 5.97 Å². The van der Waals surface area contributed by atoms with Gasteiger partial charge in [0, 0.05) is 35.5 Å². The molecule has 0 fully saturated rings. The predicted octanol–water partition coefficient (Wildman–Crippen LogP) is 4.01. The number of thiazole rings is 1. The molecule has 2 aromatic rings. The Bertz CT molecular complexity index is 647. The Morgan fingerprint density at radius 1 is 1.29 bits per heavy atom. The molecule has 0 aliphatic heterocycles. The maximum Gasteiger partial charge on any atom is 0.303 e. The molecule has 130 valence electrons. The maximum atomic E-state index is 10.9. The summed E-state index contributed by atoms with van der Waals surface area (Å²) in [6.45, 7) is 7.21. The summed E-state index contributed by atoms with van der Waals surface area (Å²) in [5, 5.41) is 13.6. The van der Waals surface area contributed by atoms with E-state index in [0.29, 0.717) is 6.42 Å². The van der Waals surface area contributed by atoms with Crippen molar-refractivity contribution in [2.45, 2.75) is 58.0 Å². The smallest absolute Gasteiger partial charge is 0.303 e. The first-order valence-corrected chi connectivity index (χ1v) is 9.10. The van der Waals surface area contributed by atoms with Crippen molar-refractivity contribution >= 4 is 17.3 Å². The third-order valence-corrected chi connectivity index (χ3v) is 5.21. The van der Waals surface area contributed by atoms with Crippen LogP contribution in [0.1, 0.15) is 49.1 Å². The molecule has 1 heterocycles. The van der Waals surface area contributed by atoms with E-state index in [1.54, 1.807) is 11.3 Å². The molecule has 0 spiro atoms. The third-order valence-electron chi connectivity index (χ3n) is 3.79. The van der Waals surface area contributed by atoms with Crippen LogP contribution in [0, 0.1) is 0 Å². The van der Waals surface area contributed by atoms with Gasteiger partial charge in [0.25, 0.3) is 0 Å². The van der Waals surface area contributed by atoms with Gasteiger partial charge < -0.3 is 10.4 Å². The summed E-state index contributed by atoms with van der Waals surface area (Å²) >= 11 is 1.72. The van der Waals surface area contributed by atoms with Crippen molar-refractivity contribution < 1.29 is 9.90 Å². The van der Waals surface area contributed by atoms with Crippen molar-refractivity contribution in [2.75, 3.05) is 0 Å². The molecule has 0 amide bonds. The molecule has 2 N–H and O–H groups in total. The standard InChI is InChI=1S/C19H26N2O2S/c1-19(2,3)18-21-13-16(24-18)12-20-15(9-10-17(22)23)11-14-7-5-4-6-8-14/h4-8,13,15,20H,9-12H2,1-3H3,(H,22,23). The minimum Gasteiger partial charge on any atom is -0.481 e. The molecular formula is C19H26N2O2S. The molecule has 0 aliphatic carbocycles. The Morgan fingerprint density at radius 2 is 2.00 bits per heavy atom. The molecule has 1 atom stereocenters. The monoisotopic (exact) mass is 346 g/mol. The van der Waals surface area contributed by atoms with E-state index in [9.17, 15) is 4.79 Å². The van der Waals surface area contributed by atoms with E-state index in [2.05, 4.69) is 43.2 Å². The minimum atomic E-state index is -0.748. The highest BCUT2D eigenvalue weighted by Crippen LogP contribution is 2.26. The predicted molar refractivity (Wildman–Crippen MR) is 98.5 cm³/mol. The Hall–Kier alpha value is -1.72. The number of aliphatic carboxylic acids is 1. The average molecular weight is 346 g/mol. The van der Waals surface area contributed by atoms with E-state index in [1.165, 1.54) is 10.4 Å². The van der Waals surface area contributed by atoms with Crippen molar-refractivity contribution in [3.05, 3.63) is 52.0 Å². The normalized spacial score (nSPS) is 13.0. The number of hydrogen-bond acceptors (Lipinski definition) is 4. The first-order chi connectivity index (χ1) is 11.3. The Morgan fingerprint density at radius 3 is 2.58 bits per heavy atom. The van der Waals surface area contributed by atoms with E-state index in [-0.39, 0.29) is 17.9 Å². The average Bonchev–Trinajstić information content (AvgIpc) is 3.00. The van der Waals surface area contributed by atoms with Crippen molar-refractivity contribution in [1.82, 2.24) is 10.3 Å². The van der Waals surface area contributed by atoms with Crippen LogP contribution < -0.4 is 5.32 Å². The number of carbonyl (C=O) groups is 1. The van der Waals surface area contributed by atoms with Gasteiger partial charge in [-0.15, -0.1) is 11.3 Å². The fourth-order valence-electron chi connectivity index (χ4n) is 2.45. The summed E-state index contributed by atoms with van der Waals surface area (Å²) in [6.07, 6.45) is 3.56. The molecule has 4 nitrogen and oxygen atoms in total. The van der Waals surface area contributed by atoms with E-state index in [0.717, 1.165) is 18.0 Å². The topological polar surface area (TPSA) is 62.2 Å². The maximum absolute atomic E-state index is 10.9. The van der Waals surface area contributed by atoms with E-state index in [1.807, 2.05) is 24.4 Å². The van der Waals surface area contributed by atoms with Crippen LogP contribution >= 0.6 is 11.3 Å². The molecule has 0 bridgehead atoms. The number of hydrogen-bond donors (Lipinski definition) is 2. The Kier molecular flexibility index (Phi) is 6.52. The summed E-state index contributed by atoms with van der Waals surface area (Å²) in [6, 6.07) is 10.3. The van der Waals surface area contributed by atoms with Gasteiger partial charge >= 0.3 is 5.97 Å². The lowest BCUT2D eigenvalue weighted by atomic mass is 9.98. The molecule has 5 heteroatoms. The van der Waals surface area contributed by atoms with Gasteiger partial charge in [0.05, 0.1) is 5.01 Å². The van der Waals surface area contributed by atoms with Crippen LogP contribution in [0.5, 0.6) is 0 Å². The highest BCUT2D eigenvalue weighted by atomic mass is 32.1. The quantitative estimate of drug-likeness (QED) is 0.758. The Labute approximate surface area is 148 Å². The molecule has 24 heavy (non-hydrogen) atoms. The van der Waals surface area contributed by atoms with Gasteiger partial charge in [-0.05, 0) is 18.4 Å². The lowest BCUT2D eigenvalue weighted by Crippen LogP contribution is -2.31. The third kappa shape index (κ3) is 6.06. The van der Waals surface area contributed by atoms with Crippen molar-refractivity contribution in [3.8, 4) is 0 Å². The van der Waals surface area contributed by atoms with Crippen LogP contribution in [-0.4, -0.2) is 22.1 Å². The van der Waals surface area contributed by atoms with Crippen LogP contribution in [0.4, 0.5) is 0 Å². The number of nitrogens with one attached hydrogen (secondary N) is 1. The van der Waals surface area contributed by atoms with Gasteiger partial charge in [-0.2, -0.15) is 0 Å². The van der Waals surface area contributed by atoms with Gasteiger partial charge in [-0.3, -0.25) is 4.79 Å². The Balaban J connectivity index is 1.96. The van der Waals surface area contributed by atoms with Gasteiger partial charge in [0.15, 0.2) is 0 Å². The zero-order valence-electron chi connectivity index (χ0n) is 14.6. The van der Waals surface area contributed by atoms with Gasteiger partial charge in [-0.25, -0.2) is 4.98 Å². The van der Waals surface area contributed by atoms with Crippen LogP contribution in [0.25, 0.3) is 0 Å². The molecule has 0 radical (unpaired) electrons. The van der Waals surface area contributed by atoms with Crippen molar-refractivity contribution in [3.63, 3.8) is 0 Å². The molecular weight excluding hydrogens is 320 g/mol. The van der Waals surface area contributed by atoms with Gasteiger partial charge in [0.1, 0.15) is 0 Å². The van der Waals surface area contributed by atoms with Gasteiger partial charge in [-0.1, -0.05) is 51.1 Å².